The Balaban J connectivity index is 1.80. The Hall–Kier alpha value is -2.05. The van der Waals surface area contributed by atoms with Gasteiger partial charge in [0.05, 0.1) is 11.3 Å². The minimum absolute atomic E-state index is 0.00815. The SMILES string of the molecule is CN(C)n1c(NCCc2ccc(Cl)cc2)nc2c(c1=O)CNCC2. The van der Waals surface area contributed by atoms with E-state index in [9.17, 15) is 4.79 Å². The molecule has 3 rings (SSSR count). The summed E-state index contributed by atoms with van der Waals surface area (Å²) in [6.07, 6.45) is 1.61. The predicted octanol–water partition coefficient (Wildman–Crippen LogP) is 1.39. The number of fused-ring (bicyclic) bond motifs is 1. The van der Waals surface area contributed by atoms with E-state index in [4.69, 9.17) is 11.6 Å². The van der Waals surface area contributed by atoms with Crippen LogP contribution in [0.5, 0.6) is 0 Å². The first-order valence-corrected chi connectivity index (χ1v) is 8.45. The average Bonchev–Trinajstić information content (AvgIpc) is 2.56. The lowest BCUT2D eigenvalue weighted by molar-refractivity contribution is 0.590. The van der Waals surface area contributed by atoms with Crippen molar-refractivity contribution >= 4 is 17.5 Å². The summed E-state index contributed by atoms with van der Waals surface area (Å²) in [6, 6.07) is 7.79. The molecule has 0 bridgehead atoms. The van der Waals surface area contributed by atoms with Gasteiger partial charge in [-0.25, -0.2) is 4.98 Å². The summed E-state index contributed by atoms with van der Waals surface area (Å²) in [4.78, 5) is 17.4. The van der Waals surface area contributed by atoms with Gasteiger partial charge in [-0.15, -0.1) is 0 Å². The zero-order valence-corrected chi connectivity index (χ0v) is 14.7. The van der Waals surface area contributed by atoms with Crippen LogP contribution in [-0.4, -0.2) is 36.8 Å². The van der Waals surface area contributed by atoms with Crippen LogP contribution >= 0.6 is 11.6 Å². The summed E-state index contributed by atoms with van der Waals surface area (Å²) in [7, 11) is 3.69. The van der Waals surface area contributed by atoms with Crippen molar-refractivity contribution in [2.45, 2.75) is 19.4 Å². The van der Waals surface area contributed by atoms with Gasteiger partial charge >= 0.3 is 0 Å². The van der Waals surface area contributed by atoms with E-state index in [0.717, 1.165) is 35.7 Å². The lowest BCUT2D eigenvalue weighted by atomic mass is 10.1. The Morgan fingerprint density at radius 2 is 2.08 bits per heavy atom. The molecule has 1 aromatic carbocycles. The Morgan fingerprint density at radius 3 is 2.79 bits per heavy atom. The van der Waals surface area contributed by atoms with E-state index in [2.05, 4.69) is 15.6 Å². The van der Waals surface area contributed by atoms with E-state index in [-0.39, 0.29) is 5.56 Å². The second kappa shape index (κ2) is 7.23. The summed E-state index contributed by atoms with van der Waals surface area (Å²) in [5, 5.41) is 9.03. The molecule has 6 nitrogen and oxygen atoms in total. The smallest absolute Gasteiger partial charge is 0.278 e. The molecule has 0 fully saturated rings. The molecular weight excluding hydrogens is 326 g/mol. The Bertz CT molecular complexity index is 770. The maximum atomic E-state index is 12.7. The van der Waals surface area contributed by atoms with E-state index < -0.39 is 0 Å². The summed E-state index contributed by atoms with van der Waals surface area (Å²) in [5.41, 5.74) is 2.84. The van der Waals surface area contributed by atoms with Crippen LogP contribution in [0.25, 0.3) is 0 Å². The van der Waals surface area contributed by atoms with E-state index in [0.29, 0.717) is 19.0 Å². The van der Waals surface area contributed by atoms with Gasteiger partial charge in [0.2, 0.25) is 5.95 Å². The number of aromatic nitrogens is 2. The number of nitrogens with one attached hydrogen (secondary N) is 2. The predicted molar refractivity (Wildman–Crippen MR) is 97.6 cm³/mol. The zero-order chi connectivity index (χ0) is 17.1. The second-order valence-corrected chi connectivity index (χ2v) is 6.49. The highest BCUT2D eigenvalue weighted by Gasteiger charge is 2.19. The van der Waals surface area contributed by atoms with Crippen LogP contribution in [0.4, 0.5) is 5.95 Å². The van der Waals surface area contributed by atoms with Crippen LogP contribution in [0.3, 0.4) is 0 Å². The van der Waals surface area contributed by atoms with Crippen molar-refractivity contribution < 1.29 is 0 Å². The van der Waals surface area contributed by atoms with Crippen LogP contribution in [0, 0.1) is 0 Å². The normalized spacial score (nSPS) is 13.5. The molecule has 0 atom stereocenters. The topological polar surface area (TPSA) is 62.2 Å². The van der Waals surface area contributed by atoms with Gasteiger partial charge in [0.25, 0.3) is 5.56 Å². The van der Waals surface area contributed by atoms with Crippen LogP contribution in [0.1, 0.15) is 16.8 Å². The first-order valence-electron chi connectivity index (χ1n) is 8.07. The highest BCUT2D eigenvalue weighted by atomic mass is 35.5. The maximum Gasteiger partial charge on any atom is 0.278 e. The van der Waals surface area contributed by atoms with E-state index >= 15 is 0 Å². The van der Waals surface area contributed by atoms with E-state index in [1.807, 2.05) is 38.4 Å². The first-order chi connectivity index (χ1) is 11.6. The molecule has 1 aromatic heterocycles. The van der Waals surface area contributed by atoms with Crippen LogP contribution in [0.15, 0.2) is 29.1 Å². The highest BCUT2D eigenvalue weighted by molar-refractivity contribution is 6.30. The Kier molecular flexibility index (Phi) is 5.06. The standard InChI is InChI=1S/C17H22ClN5O/c1-22(2)23-16(24)14-11-19-9-8-15(14)21-17(23)20-10-7-12-3-5-13(18)6-4-12/h3-6,19H,7-11H2,1-2H3,(H,20,21). The van der Waals surface area contributed by atoms with Crippen molar-refractivity contribution in [2.75, 3.05) is 37.5 Å². The van der Waals surface area contributed by atoms with Gasteiger partial charge in [0.15, 0.2) is 0 Å². The number of hydrogen-bond donors (Lipinski definition) is 2. The molecule has 7 heteroatoms. The molecule has 0 spiro atoms. The summed E-state index contributed by atoms with van der Waals surface area (Å²) >= 11 is 5.91. The molecule has 0 saturated carbocycles. The largest absolute Gasteiger partial charge is 0.354 e. The third-order valence-electron chi connectivity index (χ3n) is 4.09. The zero-order valence-electron chi connectivity index (χ0n) is 14.0. The van der Waals surface area contributed by atoms with Crippen molar-refractivity contribution in [1.29, 1.82) is 0 Å². The quantitative estimate of drug-likeness (QED) is 0.856. The number of anilines is 1. The van der Waals surface area contributed by atoms with Gasteiger partial charge in [-0.3, -0.25) is 4.79 Å². The summed E-state index contributed by atoms with van der Waals surface area (Å²) in [5.74, 6) is 0.597. The third-order valence-corrected chi connectivity index (χ3v) is 4.34. The van der Waals surface area contributed by atoms with Crippen molar-refractivity contribution in [1.82, 2.24) is 15.0 Å². The molecule has 0 amide bonds. The van der Waals surface area contributed by atoms with Crippen LogP contribution < -0.4 is 21.2 Å². The Labute approximate surface area is 146 Å². The molecule has 2 N–H and O–H groups in total. The molecule has 2 aromatic rings. The van der Waals surface area contributed by atoms with Crippen LogP contribution in [-0.2, 0) is 19.4 Å². The molecule has 1 aliphatic rings. The van der Waals surface area contributed by atoms with Gasteiger partial charge in [-0.1, -0.05) is 23.7 Å². The second-order valence-electron chi connectivity index (χ2n) is 6.05. The summed E-state index contributed by atoms with van der Waals surface area (Å²) in [6.45, 7) is 2.13. The summed E-state index contributed by atoms with van der Waals surface area (Å²) < 4.78 is 1.59. The highest BCUT2D eigenvalue weighted by Crippen LogP contribution is 2.13. The van der Waals surface area contributed by atoms with Crippen molar-refractivity contribution in [3.63, 3.8) is 0 Å². The molecule has 0 aliphatic carbocycles. The van der Waals surface area contributed by atoms with E-state index in [1.165, 1.54) is 5.56 Å². The van der Waals surface area contributed by atoms with Crippen molar-refractivity contribution in [3.8, 4) is 0 Å². The van der Waals surface area contributed by atoms with Gasteiger partial charge in [-0.05, 0) is 24.1 Å². The van der Waals surface area contributed by atoms with E-state index in [1.54, 1.807) is 9.69 Å². The van der Waals surface area contributed by atoms with Crippen LogP contribution in [0.2, 0.25) is 5.02 Å². The van der Waals surface area contributed by atoms with Crippen molar-refractivity contribution in [3.05, 3.63) is 56.5 Å². The van der Waals surface area contributed by atoms with Crippen molar-refractivity contribution in [2.24, 2.45) is 0 Å². The number of hydrogen-bond acceptors (Lipinski definition) is 5. The lowest BCUT2D eigenvalue weighted by Crippen LogP contribution is -2.43. The average molecular weight is 348 g/mol. The van der Waals surface area contributed by atoms with Gasteiger partial charge in [-0.2, -0.15) is 4.68 Å². The molecule has 24 heavy (non-hydrogen) atoms. The monoisotopic (exact) mass is 347 g/mol. The number of nitrogens with zero attached hydrogens (tertiary/aromatic N) is 3. The fourth-order valence-corrected chi connectivity index (χ4v) is 2.98. The fraction of sp³-hybridized carbons (Fsp3) is 0.412. The number of benzene rings is 1. The molecular formula is C17H22ClN5O. The molecule has 1 aliphatic heterocycles. The molecule has 0 unspecified atom stereocenters. The maximum absolute atomic E-state index is 12.7. The molecule has 0 radical (unpaired) electrons. The van der Waals surface area contributed by atoms with Gasteiger partial charge < -0.3 is 15.6 Å². The minimum Gasteiger partial charge on any atom is -0.354 e. The third kappa shape index (κ3) is 3.55. The minimum atomic E-state index is -0.00815. The molecule has 0 saturated heterocycles. The molecule has 128 valence electrons. The first kappa shape index (κ1) is 16.8. The number of rotatable bonds is 5. The van der Waals surface area contributed by atoms with Gasteiger partial charge in [0, 0.05) is 45.2 Å². The Morgan fingerprint density at radius 1 is 1.33 bits per heavy atom. The fourth-order valence-electron chi connectivity index (χ4n) is 2.85. The lowest BCUT2D eigenvalue weighted by Gasteiger charge is -2.24. The molecule has 2 heterocycles. The van der Waals surface area contributed by atoms with Gasteiger partial charge in [0.1, 0.15) is 0 Å². The number of halogens is 1.